The first-order valence-corrected chi connectivity index (χ1v) is 7.66. The van der Waals surface area contributed by atoms with Gasteiger partial charge >= 0.3 is 5.97 Å². The number of carbonyl (C=O) groups is 2. The van der Waals surface area contributed by atoms with Gasteiger partial charge in [0, 0.05) is 23.2 Å². The molecule has 0 aliphatic carbocycles. The molecule has 1 rings (SSSR count). The fourth-order valence-corrected chi connectivity index (χ4v) is 4.36. The highest BCUT2D eigenvalue weighted by atomic mass is 32.2. The first-order chi connectivity index (χ1) is 7.65. The number of Topliss-reactive ketones (excluding diaryl/α,β-unsaturated/α-hetero) is 1. The third kappa shape index (κ3) is 4.37. The van der Waals surface area contributed by atoms with Crippen molar-refractivity contribution in [2.24, 2.45) is 0 Å². The molecule has 0 saturated carbocycles. The molecule has 92 valence electrons. The van der Waals surface area contributed by atoms with Crippen LogP contribution in [0.25, 0.3) is 0 Å². The predicted molar refractivity (Wildman–Crippen MR) is 69.0 cm³/mol. The smallest absolute Gasteiger partial charge is 0.306 e. The molecular weight excluding hydrogens is 244 g/mol. The Morgan fingerprint density at radius 2 is 1.94 bits per heavy atom. The molecule has 2 atom stereocenters. The number of rotatable bonds is 5. The van der Waals surface area contributed by atoms with E-state index in [4.69, 9.17) is 4.74 Å². The Morgan fingerprint density at radius 1 is 1.25 bits per heavy atom. The van der Waals surface area contributed by atoms with Crippen LogP contribution in [0.5, 0.6) is 0 Å². The van der Waals surface area contributed by atoms with Crippen molar-refractivity contribution in [3.63, 3.8) is 0 Å². The van der Waals surface area contributed by atoms with Crippen molar-refractivity contribution in [3.05, 3.63) is 0 Å². The van der Waals surface area contributed by atoms with Gasteiger partial charge in [0.1, 0.15) is 5.78 Å². The van der Waals surface area contributed by atoms with E-state index in [0.717, 1.165) is 11.5 Å². The average molecular weight is 262 g/mol. The molecule has 0 radical (unpaired) electrons. The summed E-state index contributed by atoms with van der Waals surface area (Å²) >= 11 is 3.56. The van der Waals surface area contributed by atoms with E-state index in [9.17, 15) is 9.59 Å². The number of ketones is 1. The molecule has 1 aliphatic rings. The lowest BCUT2D eigenvalue weighted by Crippen LogP contribution is -2.31. The highest BCUT2D eigenvalue weighted by molar-refractivity contribution is 8.07. The SMILES string of the molecule is CCOC(=O)CCC(=O)C1SCCSC1C. The Morgan fingerprint density at radius 3 is 2.56 bits per heavy atom. The summed E-state index contributed by atoms with van der Waals surface area (Å²) in [5, 5.41) is 0.432. The molecule has 0 aromatic rings. The Bertz CT molecular complexity index is 256. The van der Waals surface area contributed by atoms with Gasteiger partial charge in [0.2, 0.25) is 0 Å². The molecular formula is C11H18O3S2. The van der Waals surface area contributed by atoms with Crippen LogP contribution < -0.4 is 0 Å². The van der Waals surface area contributed by atoms with Gasteiger partial charge in [-0.25, -0.2) is 0 Å². The lowest BCUT2D eigenvalue weighted by molar-refractivity contribution is -0.144. The molecule has 0 spiro atoms. The number of hydrogen-bond acceptors (Lipinski definition) is 5. The minimum absolute atomic E-state index is 0.0631. The Labute approximate surface area is 105 Å². The van der Waals surface area contributed by atoms with Crippen molar-refractivity contribution in [3.8, 4) is 0 Å². The number of thioether (sulfide) groups is 2. The third-order valence-corrected chi connectivity index (χ3v) is 5.52. The summed E-state index contributed by atoms with van der Waals surface area (Å²) in [4.78, 5) is 23.0. The van der Waals surface area contributed by atoms with Gasteiger partial charge in [-0.05, 0) is 6.92 Å². The minimum atomic E-state index is -0.267. The second kappa shape index (κ2) is 7.22. The quantitative estimate of drug-likeness (QED) is 0.710. The van der Waals surface area contributed by atoms with Crippen LogP contribution in [0, 0.1) is 0 Å². The van der Waals surface area contributed by atoms with Gasteiger partial charge in [-0.2, -0.15) is 11.8 Å². The van der Waals surface area contributed by atoms with Gasteiger partial charge in [-0.3, -0.25) is 9.59 Å². The summed E-state index contributed by atoms with van der Waals surface area (Å²) in [6.07, 6.45) is 0.544. The maximum Gasteiger partial charge on any atom is 0.306 e. The molecule has 5 heteroatoms. The minimum Gasteiger partial charge on any atom is -0.466 e. The van der Waals surface area contributed by atoms with Crippen molar-refractivity contribution >= 4 is 35.3 Å². The Kier molecular flexibility index (Phi) is 6.28. The van der Waals surface area contributed by atoms with E-state index in [1.165, 1.54) is 0 Å². The largest absolute Gasteiger partial charge is 0.466 e. The second-order valence-electron chi connectivity index (χ2n) is 3.64. The Balaban J connectivity index is 2.31. The van der Waals surface area contributed by atoms with Gasteiger partial charge in [-0.1, -0.05) is 6.92 Å². The summed E-state index contributed by atoms with van der Waals surface area (Å²) in [6, 6.07) is 0. The Hall–Kier alpha value is -0.160. The van der Waals surface area contributed by atoms with Crippen LogP contribution in [-0.2, 0) is 14.3 Å². The highest BCUT2D eigenvalue weighted by Gasteiger charge is 2.28. The first kappa shape index (κ1) is 13.9. The topological polar surface area (TPSA) is 43.4 Å². The van der Waals surface area contributed by atoms with E-state index in [1.54, 1.807) is 18.7 Å². The van der Waals surface area contributed by atoms with Crippen molar-refractivity contribution < 1.29 is 14.3 Å². The van der Waals surface area contributed by atoms with Crippen LogP contribution in [0.4, 0.5) is 0 Å². The standard InChI is InChI=1S/C11H18O3S2/c1-3-14-10(13)5-4-9(12)11-8(2)15-6-7-16-11/h8,11H,3-7H2,1-2H3. The normalized spacial score (nSPS) is 25.1. The highest BCUT2D eigenvalue weighted by Crippen LogP contribution is 2.32. The van der Waals surface area contributed by atoms with Crippen molar-refractivity contribution in [2.45, 2.75) is 37.2 Å². The van der Waals surface area contributed by atoms with Crippen LogP contribution in [0.15, 0.2) is 0 Å². The molecule has 0 N–H and O–H groups in total. The van der Waals surface area contributed by atoms with E-state index < -0.39 is 0 Å². The number of hydrogen-bond donors (Lipinski definition) is 0. The summed E-state index contributed by atoms with van der Waals surface area (Å²) in [7, 11) is 0. The zero-order valence-electron chi connectivity index (χ0n) is 9.73. The monoisotopic (exact) mass is 262 g/mol. The molecule has 0 aromatic heterocycles. The third-order valence-electron chi connectivity index (χ3n) is 2.39. The van der Waals surface area contributed by atoms with Crippen molar-refractivity contribution in [2.75, 3.05) is 18.1 Å². The van der Waals surface area contributed by atoms with Crippen molar-refractivity contribution in [1.29, 1.82) is 0 Å². The van der Waals surface area contributed by atoms with Crippen LogP contribution in [-0.4, -0.2) is 40.4 Å². The zero-order chi connectivity index (χ0) is 12.0. The van der Waals surface area contributed by atoms with Gasteiger partial charge in [0.15, 0.2) is 0 Å². The molecule has 0 aromatic carbocycles. The number of carbonyl (C=O) groups excluding carboxylic acids is 2. The van der Waals surface area contributed by atoms with E-state index in [2.05, 4.69) is 6.92 Å². The second-order valence-corrected chi connectivity index (χ2v) is 6.37. The van der Waals surface area contributed by atoms with E-state index in [1.807, 2.05) is 11.8 Å². The summed E-state index contributed by atoms with van der Waals surface area (Å²) in [5.41, 5.74) is 0. The molecule has 1 heterocycles. The fraction of sp³-hybridized carbons (Fsp3) is 0.818. The van der Waals surface area contributed by atoms with Gasteiger partial charge in [-0.15, -0.1) is 11.8 Å². The molecule has 0 amide bonds. The summed E-state index contributed by atoms with van der Waals surface area (Å²) < 4.78 is 4.80. The molecule has 2 unspecified atom stereocenters. The number of ether oxygens (including phenoxy) is 1. The molecule has 1 fully saturated rings. The van der Waals surface area contributed by atoms with E-state index in [-0.39, 0.29) is 23.4 Å². The lowest BCUT2D eigenvalue weighted by Gasteiger charge is -2.26. The number of esters is 1. The van der Waals surface area contributed by atoms with Crippen LogP contribution >= 0.6 is 23.5 Å². The summed E-state index contributed by atoms with van der Waals surface area (Å²) in [6.45, 7) is 4.25. The average Bonchev–Trinajstić information content (AvgIpc) is 2.27. The first-order valence-electron chi connectivity index (χ1n) is 5.56. The summed E-state index contributed by atoms with van der Waals surface area (Å²) in [5.74, 6) is 2.08. The molecule has 1 saturated heterocycles. The molecule has 1 aliphatic heterocycles. The molecule has 16 heavy (non-hydrogen) atoms. The van der Waals surface area contributed by atoms with E-state index >= 15 is 0 Å². The lowest BCUT2D eigenvalue weighted by atomic mass is 10.1. The maximum atomic E-state index is 11.9. The van der Waals surface area contributed by atoms with Gasteiger partial charge in [0.25, 0.3) is 0 Å². The van der Waals surface area contributed by atoms with Crippen LogP contribution in [0.3, 0.4) is 0 Å². The van der Waals surface area contributed by atoms with Crippen LogP contribution in [0.2, 0.25) is 0 Å². The molecule has 3 nitrogen and oxygen atoms in total. The van der Waals surface area contributed by atoms with Crippen molar-refractivity contribution in [1.82, 2.24) is 0 Å². The van der Waals surface area contributed by atoms with Gasteiger partial charge < -0.3 is 4.74 Å². The molecule has 0 bridgehead atoms. The zero-order valence-corrected chi connectivity index (χ0v) is 11.4. The van der Waals surface area contributed by atoms with Gasteiger partial charge in [0.05, 0.1) is 18.3 Å². The fourth-order valence-electron chi connectivity index (χ4n) is 1.59. The maximum absolute atomic E-state index is 11.9. The van der Waals surface area contributed by atoms with Crippen LogP contribution in [0.1, 0.15) is 26.7 Å². The predicted octanol–water partition coefficient (Wildman–Crippen LogP) is 2.14. The van der Waals surface area contributed by atoms with E-state index in [0.29, 0.717) is 18.3 Å².